The monoisotopic (exact) mass is 194 g/mol. The molecule has 0 bridgehead atoms. The van der Waals surface area contributed by atoms with Gasteiger partial charge in [-0.15, -0.1) is 0 Å². The molecule has 0 unspecified atom stereocenters. The highest BCUT2D eigenvalue weighted by atomic mass is 16.4. The zero-order chi connectivity index (χ0) is 10.6. The summed E-state index contributed by atoms with van der Waals surface area (Å²) >= 11 is 0. The molecule has 0 aliphatic rings. The third-order valence-corrected chi connectivity index (χ3v) is 1.35. The average molecular weight is 194 g/mol. The maximum Gasteiger partial charge on any atom is 0.335 e. The minimum Gasteiger partial charge on any atom is -0.481 e. The third-order valence-electron chi connectivity index (χ3n) is 1.35. The van der Waals surface area contributed by atoms with Crippen molar-refractivity contribution in [2.75, 3.05) is 0 Å². The van der Waals surface area contributed by atoms with Gasteiger partial charge in [-0.2, -0.15) is 0 Å². The molecule has 3 atom stereocenters. The number of rotatable bonds is 5. The van der Waals surface area contributed by atoms with Crippen LogP contribution in [0.4, 0.5) is 0 Å². The number of aliphatic hydroxyl groups excluding tert-OH is 3. The summed E-state index contributed by atoms with van der Waals surface area (Å²) < 4.78 is 0. The van der Waals surface area contributed by atoms with E-state index in [1.165, 1.54) is 0 Å². The molecular formula is C6H10O7. The molecule has 0 fully saturated rings. The number of carbonyl (C=O) groups is 2. The molecule has 5 N–H and O–H groups in total. The van der Waals surface area contributed by atoms with E-state index in [0.29, 0.717) is 0 Å². The standard InChI is InChI=1S/C6H10O7/c7-2(1-3(8)9)4(10)5(11)6(12)13/h2,4-5,7,10-11H,1H2,(H,8,9)(H,12,13)/t2-,4+,5+/m1/s1. The van der Waals surface area contributed by atoms with E-state index in [0.717, 1.165) is 0 Å². The Kier molecular flexibility index (Phi) is 4.32. The van der Waals surface area contributed by atoms with Gasteiger partial charge in [0, 0.05) is 0 Å². The summed E-state index contributed by atoms with van der Waals surface area (Å²) in [4.78, 5) is 20.1. The first-order valence-electron chi connectivity index (χ1n) is 3.35. The zero-order valence-corrected chi connectivity index (χ0v) is 6.49. The Hall–Kier alpha value is -1.18. The van der Waals surface area contributed by atoms with Gasteiger partial charge in [-0.05, 0) is 0 Å². The molecule has 0 aromatic heterocycles. The molecule has 0 aliphatic heterocycles. The second-order valence-electron chi connectivity index (χ2n) is 2.44. The molecule has 0 heterocycles. The van der Waals surface area contributed by atoms with Gasteiger partial charge in [0.2, 0.25) is 0 Å². The van der Waals surface area contributed by atoms with E-state index in [-0.39, 0.29) is 0 Å². The van der Waals surface area contributed by atoms with Crippen molar-refractivity contribution in [2.24, 2.45) is 0 Å². The summed E-state index contributed by atoms with van der Waals surface area (Å²) in [5, 5.41) is 42.7. The number of aliphatic hydroxyl groups is 3. The second-order valence-corrected chi connectivity index (χ2v) is 2.44. The first kappa shape index (κ1) is 11.8. The summed E-state index contributed by atoms with van der Waals surface area (Å²) in [7, 11) is 0. The van der Waals surface area contributed by atoms with Crippen molar-refractivity contribution < 1.29 is 35.1 Å². The molecule has 76 valence electrons. The van der Waals surface area contributed by atoms with Crippen LogP contribution in [0.25, 0.3) is 0 Å². The van der Waals surface area contributed by atoms with Crippen LogP contribution >= 0.6 is 0 Å². The van der Waals surface area contributed by atoms with Crippen molar-refractivity contribution in [2.45, 2.75) is 24.7 Å². The summed E-state index contributed by atoms with van der Waals surface area (Å²) in [6, 6.07) is 0. The Morgan fingerprint density at radius 3 is 1.85 bits per heavy atom. The van der Waals surface area contributed by atoms with Gasteiger partial charge in [-0.3, -0.25) is 4.79 Å². The first-order valence-corrected chi connectivity index (χ1v) is 3.35. The summed E-state index contributed by atoms with van der Waals surface area (Å²) in [5.41, 5.74) is 0. The number of aliphatic carboxylic acids is 2. The molecule has 0 saturated carbocycles. The third kappa shape index (κ3) is 3.83. The molecular weight excluding hydrogens is 184 g/mol. The molecule has 0 spiro atoms. The van der Waals surface area contributed by atoms with E-state index in [1.807, 2.05) is 0 Å². The van der Waals surface area contributed by atoms with Gasteiger partial charge in [-0.25, -0.2) is 4.79 Å². The molecule has 0 aromatic rings. The van der Waals surface area contributed by atoms with Crippen molar-refractivity contribution in [1.82, 2.24) is 0 Å². The molecule has 0 rings (SSSR count). The lowest BCUT2D eigenvalue weighted by Crippen LogP contribution is -2.43. The lowest BCUT2D eigenvalue weighted by atomic mass is 10.1. The van der Waals surface area contributed by atoms with Gasteiger partial charge in [-0.1, -0.05) is 0 Å². The Bertz CT molecular complexity index is 201. The SMILES string of the molecule is O=C(O)C[C@@H](O)[C@H](O)[C@H](O)C(=O)O. The van der Waals surface area contributed by atoms with Crippen molar-refractivity contribution in [1.29, 1.82) is 0 Å². The van der Waals surface area contributed by atoms with E-state index in [2.05, 4.69) is 0 Å². The maximum absolute atomic E-state index is 10.1. The normalized spacial score (nSPS) is 17.5. The molecule has 0 saturated heterocycles. The van der Waals surface area contributed by atoms with Crippen LogP contribution in [0.3, 0.4) is 0 Å². The van der Waals surface area contributed by atoms with Crippen LogP contribution in [0.15, 0.2) is 0 Å². The van der Waals surface area contributed by atoms with Gasteiger partial charge < -0.3 is 25.5 Å². The average Bonchev–Trinajstić information content (AvgIpc) is 2.00. The van der Waals surface area contributed by atoms with Crippen molar-refractivity contribution >= 4 is 11.9 Å². The van der Waals surface area contributed by atoms with Crippen molar-refractivity contribution in [3.05, 3.63) is 0 Å². The van der Waals surface area contributed by atoms with Crippen LogP contribution in [-0.2, 0) is 9.59 Å². The lowest BCUT2D eigenvalue weighted by Gasteiger charge is -2.18. The zero-order valence-electron chi connectivity index (χ0n) is 6.49. The maximum atomic E-state index is 10.1. The van der Waals surface area contributed by atoms with Gasteiger partial charge in [0.05, 0.1) is 12.5 Å². The highest BCUT2D eigenvalue weighted by molar-refractivity contribution is 5.73. The molecule has 0 aliphatic carbocycles. The van der Waals surface area contributed by atoms with Gasteiger partial charge >= 0.3 is 11.9 Å². The van der Waals surface area contributed by atoms with Crippen LogP contribution in [0.5, 0.6) is 0 Å². The van der Waals surface area contributed by atoms with E-state index in [9.17, 15) is 9.59 Å². The number of hydrogen-bond acceptors (Lipinski definition) is 5. The molecule has 7 heteroatoms. The van der Waals surface area contributed by atoms with Crippen LogP contribution in [0.1, 0.15) is 6.42 Å². The van der Waals surface area contributed by atoms with Crippen LogP contribution < -0.4 is 0 Å². The Morgan fingerprint density at radius 1 is 1.08 bits per heavy atom. The lowest BCUT2D eigenvalue weighted by molar-refractivity contribution is -0.161. The minimum absolute atomic E-state index is 0.828. The van der Waals surface area contributed by atoms with Crippen LogP contribution in [0.2, 0.25) is 0 Å². The molecule has 7 nitrogen and oxygen atoms in total. The highest BCUT2D eigenvalue weighted by Crippen LogP contribution is 2.04. The van der Waals surface area contributed by atoms with Gasteiger partial charge in [0.15, 0.2) is 6.10 Å². The number of carboxylic acid groups (broad SMARTS) is 2. The predicted molar refractivity (Wildman–Crippen MR) is 37.9 cm³/mol. The van der Waals surface area contributed by atoms with Gasteiger partial charge in [0.25, 0.3) is 0 Å². The number of carboxylic acids is 2. The Balaban J connectivity index is 4.16. The smallest absolute Gasteiger partial charge is 0.335 e. The largest absolute Gasteiger partial charge is 0.481 e. The quantitative estimate of drug-likeness (QED) is 0.330. The summed E-state index contributed by atoms with van der Waals surface area (Å²) in [6.45, 7) is 0. The fourth-order valence-electron chi connectivity index (χ4n) is 0.656. The molecule has 0 aromatic carbocycles. The predicted octanol–water partition coefficient (Wildman–Crippen LogP) is -2.37. The second kappa shape index (κ2) is 4.75. The van der Waals surface area contributed by atoms with E-state index in [1.54, 1.807) is 0 Å². The first-order chi connectivity index (χ1) is 5.86. The Morgan fingerprint density at radius 2 is 1.54 bits per heavy atom. The summed E-state index contributed by atoms with van der Waals surface area (Å²) in [5.74, 6) is -3.12. The molecule has 0 amide bonds. The van der Waals surface area contributed by atoms with E-state index < -0.39 is 36.7 Å². The van der Waals surface area contributed by atoms with Gasteiger partial charge in [0.1, 0.15) is 6.10 Å². The topological polar surface area (TPSA) is 135 Å². The molecule has 13 heavy (non-hydrogen) atoms. The van der Waals surface area contributed by atoms with Crippen LogP contribution in [0, 0.1) is 0 Å². The fourth-order valence-corrected chi connectivity index (χ4v) is 0.656. The van der Waals surface area contributed by atoms with E-state index in [4.69, 9.17) is 25.5 Å². The Labute approximate surface area is 72.9 Å². The van der Waals surface area contributed by atoms with Crippen molar-refractivity contribution in [3.63, 3.8) is 0 Å². The minimum atomic E-state index is -2.19. The van der Waals surface area contributed by atoms with Crippen molar-refractivity contribution in [3.8, 4) is 0 Å². The van der Waals surface area contributed by atoms with E-state index >= 15 is 0 Å². The fraction of sp³-hybridized carbons (Fsp3) is 0.667. The highest BCUT2D eigenvalue weighted by Gasteiger charge is 2.31. The molecule has 0 radical (unpaired) electrons. The number of hydrogen-bond donors (Lipinski definition) is 5. The summed E-state index contributed by atoms with van der Waals surface area (Å²) in [6.07, 6.45) is -6.82. The van der Waals surface area contributed by atoms with Crippen LogP contribution in [-0.4, -0.2) is 55.8 Å².